The Morgan fingerprint density at radius 1 is 1.53 bits per heavy atom. The van der Waals surface area contributed by atoms with Crippen molar-refractivity contribution < 1.29 is 28.9 Å². The number of phenolic OH excluding ortho intramolecular Hbond substituents is 1. The van der Waals surface area contributed by atoms with Crippen LogP contribution < -0.4 is 4.74 Å². The predicted octanol–water partition coefficient (Wildman–Crippen LogP) is 1.14. The number of ether oxygens (including phenoxy) is 2. The average molecular weight is 244 g/mol. The zero-order valence-electron chi connectivity index (χ0n) is 9.44. The third kappa shape index (κ3) is 2.65. The Bertz CT molecular complexity index is 419. The van der Waals surface area contributed by atoms with Crippen molar-refractivity contribution in [3.8, 4) is 11.5 Å². The molecule has 1 aromatic carbocycles. The molecule has 0 radical (unpaired) electrons. The summed E-state index contributed by atoms with van der Waals surface area (Å²) < 4.78 is 22.7. The highest BCUT2D eigenvalue weighted by Gasteiger charge is 2.25. The monoisotopic (exact) mass is 244 g/mol. The molecule has 5 nitrogen and oxygen atoms in total. The van der Waals surface area contributed by atoms with Gasteiger partial charge in [-0.2, -0.15) is 4.39 Å². The van der Waals surface area contributed by atoms with Crippen molar-refractivity contribution in [2.75, 3.05) is 13.7 Å². The molecule has 94 valence electrons. The van der Waals surface area contributed by atoms with Crippen molar-refractivity contribution in [1.29, 1.82) is 0 Å². The maximum Gasteiger partial charge on any atom is 0.339 e. The average Bonchev–Trinajstić information content (AvgIpc) is 2.31. The molecule has 0 heterocycles. The molecule has 1 rings (SSSR count). The van der Waals surface area contributed by atoms with Crippen LogP contribution in [0.1, 0.15) is 18.6 Å². The van der Waals surface area contributed by atoms with Gasteiger partial charge in [0.25, 0.3) is 0 Å². The molecule has 0 aliphatic rings. The van der Waals surface area contributed by atoms with Gasteiger partial charge in [0.15, 0.2) is 17.6 Å². The number of rotatable bonds is 4. The first-order chi connectivity index (χ1) is 8.02. The van der Waals surface area contributed by atoms with Crippen LogP contribution in [0.25, 0.3) is 0 Å². The minimum absolute atomic E-state index is 0.0960. The second kappa shape index (κ2) is 5.49. The molecule has 0 saturated carbocycles. The van der Waals surface area contributed by atoms with Gasteiger partial charge in [0, 0.05) is 5.56 Å². The van der Waals surface area contributed by atoms with Crippen molar-refractivity contribution in [1.82, 2.24) is 0 Å². The zero-order valence-corrected chi connectivity index (χ0v) is 9.44. The van der Waals surface area contributed by atoms with Crippen molar-refractivity contribution in [2.45, 2.75) is 13.0 Å². The maximum absolute atomic E-state index is 13.4. The summed E-state index contributed by atoms with van der Waals surface area (Å²) in [6, 6.07) is 2.22. The van der Waals surface area contributed by atoms with Crippen LogP contribution in [0, 0.1) is 5.82 Å². The second-order valence-corrected chi connectivity index (χ2v) is 3.18. The number of carbonyl (C=O) groups excluding carboxylic acids is 1. The number of phenols is 1. The highest BCUT2D eigenvalue weighted by atomic mass is 19.1. The normalized spacial score (nSPS) is 12.0. The molecule has 0 aliphatic carbocycles. The van der Waals surface area contributed by atoms with Crippen LogP contribution in [-0.2, 0) is 9.53 Å². The van der Waals surface area contributed by atoms with E-state index in [-0.39, 0.29) is 17.9 Å². The molecule has 6 heteroatoms. The standard InChI is InChI=1S/C11H13FO5/c1-3-17-11(15)9(14)6-4-5-7(13)8(12)10(6)16-2/h4-5,9,13-14H,3H2,1-2H3. The molecule has 17 heavy (non-hydrogen) atoms. The topological polar surface area (TPSA) is 76.0 Å². The summed E-state index contributed by atoms with van der Waals surface area (Å²) >= 11 is 0. The fraction of sp³-hybridized carbons (Fsp3) is 0.364. The molecule has 0 saturated heterocycles. The van der Waals surface area contributed by atoms with E-state index >= 15 is 0 Å². The summed E-state index contributed by atoms with van der Waals surface area (Å²) in [5, 5.41) is 18.8. The second-order valence-electron chi connectivity index (χ2n) is 3.18. The summed E-state index contributed by atoms with van der Waals surface area (Å²) in [5.74, 6) is -2.95. The van der Waals surface area contributed by atoms with Gasteiger partial charge in [-0.15, -0.1) is 0 Å². The van der Waals surface area contributed by atoms with Gasteiger partial charge in [-0.3, -0.25) is 0 Å². The molecule has 0 bridgehead atoms. The van der Waals surface area contributed by atoms with Crippen LogP contribution >= 0.6 is 0 Å². The number of aliphatic hydroxyl groups excluding tert-OH is 1. The molecular formula is C11H13FO5. The SMILES string of the molecule is CCOC(=O)C(O)c1ccc(O)c(F)c1OC. The Morgan fingerprint density at radius 3 is 2.71 bits per heavy atom. The Hall–Kier alpha value is -1.82. The van der Waals surface area contributed by atoms with Crippen molar-refractivity contribution in [2.24, 2.45) is 0 Å². The van der Waals surface area contributed by atoms with Crippen LogP contribution in [-0.4, -0.2) is 29.9 Å². The van der Waals surface area contributed by atoms with E-state index in [2.05, 4.69) is 4.74 Å². The largest absolute Gasteiger partial charge is 0.505 e. The van der Waals surface area contributed by atoms with Gasteiger partial charge in [-0.05, 0) is 19.1 Å². The highest BCUT2D eigenvalue weighted by molar-refractivity contribution is 5.77. The minimum Gasteiger partial charge on any atom is -0.505 e. The van der Waals surface area contributed by atoms with Crippen LogP contribution in [0.2, 0.25) is 0 Å². The highest BCUT2D eigenvalue weighted by Crippen LogP contribution is 2.33. The van der Waals surface area contributed by atoms with Gasteiger partial charge < -0.3 is 19.7 Å². The minimum atomic E-state index is -1.65. The van der Waals surface area contributed by atoms with Crippen molar-refractivity contribution in [3.05, 3.63) is 23.5 Å². The van der Waals surface area contributed by atoms with E-state index < -0.39 is 23.6 Å². The molecular weight excluding hydrogens is 231 g/mol. The Balaban J connectivity index is 3.13. The lowest BCUT2D eigenvalue weighted by Gasteiger charge is -2.14. The van der Waals surface area contributed by atoms with E-state index in [9.17, 15) is 14.3 Å². The van der Waals surface area contributed by atoms with Gasteiger partial charge >= 0.3 is 5.97 Å². The first kappa shape index (κ1) is 13.2. The lowest BCUT2D eigenvalue weighted by Crippen LogP contribution is -2.16. The number of aromatic hydroxyl groups is 1. The fourth-order valence-electron chi connectivity index (χ4n) is 1.33. The Kier molecular flexibility index (Phi) is 4.28. The van der Waals surface area contributed by atoms with E-state index in [1.165, 1.54) is 13.2 Å². The van der Waals surface area contributed by atoms with E-state index in [0.29, 0.717) is 0 Å². The lowest BCUT2D eigenvalue weighted by atomic mass is 10.1. The zero-order chi connectivity index (χ0) is 13.0. The number of esters is 1. The lowest BCUT2D eigenvalue weighted by molar-refractivity contribution is -0.153. The number of carbonyl (C=O) groups is 1. The van der Waals surface area contributed by atoms with Gasteiger partial charge in [0.2, 0.25) is 5.82 Å². The number of hydrogen-bond acceptors (Lipinski definition) is 5. The first-order valence-electron chi connectivity index (χ1n) is 4.93. The number of methoxy groups -OCH3 is 1. The van der Waals surface area contributed by atoms with Crippen LogP contribution in [0.15, 0.2) is 12.1 Å². The van der Waals surface area contributed by atoms with E-state index in [4.69, 9.17) is 9.84 Å². The number of hydrogen-bond donors (Lipinski definition) is 2. The molecule has 0 amide bonds. The molecule has 1 aromatic rings. The summed E-state index contributed by atoms with van der Waals surface area (Å²) in [6.45, 7) is 1.68. The third-order valence-electron chi connectivity index (χ3n) is 2.12. The number of benzene rings is 1. The third-order valence-corrected chi connectivity index (χ3v) is 2.12. The summed E-state index contributed by atoms with van der Waals surface area (Å²) in [7, 11) is 1.17. The molecule has 0 aromatic heterocycles. The molecule has 0 fully saturated rings. The summed E-state index contributed by atoms with van der Waals surface area (Å²) in [5.41, 5.74) is -0.0961. The van der Waals surface area contributed by atoms with Crippen LogP contribution in [0.3, 0.4) is 0 Å². The van der Waals surface area contributed by atoms with E-state index in [1.807, 2.05) is 0 Å². The molecule has 2 N–H and O–H groups in total. The fourth-order valence-corrected chi connectivity index (χ4v) is 1.33. The Morgan fingerprint density at radius 2 is 2.18 bits per heavy atom. The number of aliphatic hydroxyl groups is 1. The van der Waals surface area contributed by atoms with Crippen LogP contribution in [0.4, 0.5) is 4.39 Å². The summed E-state index contributed by atoms with van der Waals surface area (Å²) in [6.07, 6.45) is -1.65. The molecule has 1 unspecified atom stereocenters. The van der Waals surface area contributed by atoms with E-state index in [1.54, 1.807) is 6.92 Å². The maximum atomic E-state index is 13.4. The first-order valence-corrected chi connectivity index (χ1v) is 4.93. The molecule has 0 aliphatic heterocycles. The number of halogens is 1. The van der Waals surface area contributed by atoms with Gasteiger partial charge in [0.05, 0.1) is 13.7 Å². The smallest absolute Gasteiger partial charge is 0.339 e. The quantitative estimate of drug-likeness (QED) is 0.777. The molecule has 1 atom stereocenters. The Labute approximate surface area is 97.4 Å². The van der Waals surface area contributed by atoms with Gasteiger partial charge in [-0.25, -0.2) is 4.79 Å². The van der Waals surface area contributed by atoms with Crippen molar-refractivity contribution >= 4 is 5.97 Å². The van der Waals surface area contributed by atoms with Crippen molar-refractivity contribution in [3.63, 3.8) is 0 Å². The van der Waals surface area contributed by atoms with Gasteiger partial charge in [0.1, 0.15) is 0 Å². The van der Waals surface area contributed by atoms with E-state index in [0.717, 1.165) is 6.07 Å². The van der Waals surface area contributed by atoms with Crippen LogP contribution in [0.5, 0.6) is 11.5 Å². The molecule has 0 spiro atoms. The summed E-state index contributed by atoms with van der Waals surface area (Å²) in [4.78, 5) is 11.3. The van der Waals surface area contributed by atoms with Gasteiger partial charge in [-0.1, -0.05) is 0 Å². The predicted molar refractivity (Wildman–Crippen MR) is 56.2 cm³/mol.